The zero-order chi connectivity index (χ0) is 15.1. The van der Waals surface area contributed by atoms with Crippen LogP contribution in [0.25, 0.3) is 0 Å². The minimum absolute atomic E-state index is 0.0461. The van der Waals surface area contributed by atoms with Crippen LogP contribution >= 0.6 is 11.8 Å². The maximum absolute atomic E-state index is 12.1. The zero-order valence-corrected chi connectivity index (χ0v) is 12.3. The molecule has 1 aliphatic rings. The lowest BCUT2D eigenvalue weighted by Crippen LogP contribution is -2.41. The molecule has 2 rings (SSSR count). The van der Waals surface area contributed by atoms with Crippen LogP contribution in [-0.4, -0.2) is 36.6 Å². The van der Waals surface area contributed by atoms with Crippen LogP contribution < -0.4 is 15.4 Å². The Hall–Kier alpha value is -1.34. The van der Waals surface area contributed by atoms with Crippen molar-refractivity contribution in [1.82, 2.24) is 10.6 Å². The number of hydrogen-bond acceptors (Lipinski definition) is 4. The highest BCUT2D eigenvalue weighted by molar-refractivity contribution is 7.99. The van der Waals surface area contributed by atoms with E-state index in [1.807, 2.05) is 11.8 Å². The van der Waals surface area contributed by atoms with Crippen LogP contribution in [0.4, 0.5) is 8.78 Å². The number of thioether (sulfide) groups is 1. The van der Waals surface area contributed by atoms with Gasteiger partial charge in [-0.2, -0.15) is 20.5 Å². The molecule has 1 unspecified atom stereocenters. The number of nitrogens with one attached hydrogen (secondary N) is 2. The molecule has 0 aromatic heterocycles. The van der Waals surface area contributed by atoms with E-state index in [1.54, 1.807) is 12.1 Å². The van der Waals surface area contributed by atoms with Gasteiger partial charge in [-0.25, -0.2) is 0 Å². The second-order valence-corrected chi connectivity index (χ2v) is 5.88. The molecule has 1 aliphatic heterocycles. The molecule has 2 N–H and O–H groups in total. The van der Waals surface area contributed by atoms with E-state index in [0.29, 0.717) is 13.0 Å². The molecule has 0 spiro atoms. The van der Waals surface area contributed by atoms with Gasteiger partial charge in [0.05, 0.1) is 0 Å². The van der Waals surface area contributed by atoms with Gasteiger partial charge in [-0.15, -0.1) is 0 Å². The fourth-order valence-corrected chi connectivity index (χ4v) is 3.03. The predicted octanol–water partition coefficient (Wildman–Crippen LogP) is 2.00. The van der Waals surface area contributed by atoms with Crippen molar-refractivity contribution in [2.75, 3.05) is 18.1 Å². The lowest BCUT2D eigenvalue weighted by Gasteiger charge is -2.22. The van der Waals surface area contributed by atoms with E-state index in [0.717, 1.165) is 23.6 Å². The molecule has 1 amide bonds. The van der Waals surface area contributed by atoms with Gasteiger partial charge in [-0.1, -0.05) is 12.1 Å². The van der Waals surface area contributed by atoms with Crippen LogP contribution in [0.5, 0.6) is 5.75 Å². The average Bonchev–Trinajstić information content (AvgIpc) is 2.46. The van der Waals surface area contributed by atoms with Gasteiger partial charge in [0.15, 0.2) is 0 Å². The molecule has 0 aliphatic carbocycles. The van der Waals surface area contributed by atoms with E-state index in [2.05, 4.69) is 15.4 Å². The third-order valence-corrected chi connectivity index (χ3v) is 4.17. The summed E-state index contributed by atoms with van der Waals surface area (Å²) in [5.74, 6) is 2.07. The van der Waals surface area contributed by atoms with E-state index >= 15 is 0 Å². The van der Waals surface area contributed by atoms with Gasteiger partial charge in [-0.3, -0.25) is 4.79 Å². The normalized spacial score (nSPS) is 18.5. The number of ether oxygens (including phenoxy) is 1. The van der Waals surface area contributed by atoms with Crippen molar-refractivity contribution in [3.05, 3.63) is 29.8 Å². The molecular formula is C14H18F2N2O2S. The highest BCUT2D eigenvalue weighted by Crippen LogP contribution is 2.16. The number of alkyl halides is 2. The molecule has 0 saturated carbocycles. The van der Waals surface area contributed by atoms with Gasteiger partial charge in [0.25, 0.3) is 0 Å². The fraction of sp³-hybridized carbons (Fsp3) is 0.500. The second kappa shape index (κ2) is 8.19. The minimum Gasteiger partial charge on any atom is -0.435 e. The lowest BCUT2D eigenvalue weighted by atomic mass is 10.2. The first-order valence-electron chi connectivity index (χ1n) is 6.75. The van der Waals surface area contributed by atoms with Crippen molar-refractivity contribution in [2.24, 2.45) is 0 Å². The van der Waals surface area contributed by atoms with Gasteiger partial charge < -0.3 is 15.4 Å². The van der Waals surface area contributed by atoms with Crippen molar-refractivity contribution in [2.45, 2.75) is 25.6 Å². The summed E-state index contributed by atoms with van der Waals surface area (Å²) in [6.45, 7) is -1.61. The van der Waals surface area contributed by atoms with Crippen molar-refractivity contribution >= 4 is 17.7 Å². The topological polar surface area (TPSA) is 50.4 Å². The van der Waals surface area contributed by atoms with Crippen LogP contribution in [0.3, 0.4) is 0 Å². The summed E-state index contributed by atoms with van der Waals surface area (Å²) in [7, 11) is 0. The first-order chi connectivity index (χ1) is 10.1. The third kappa shape index (κ3) is 5.89. The monoisotopic (exact) mass is 316 g/mol. The minimum atomic E-state index is -2.84. The fourth-order valence-electron chi connectivity index (χ4n) is 2.08. The Balaban J connectivity index is 1.77. The largest absolute Gasteiger partial charge is 0.435 e. The molecule has 116 valence electrons. The van der Waals surface area contributed by atoms with Gasteiger partial charge in [0.2, 0.25) is 5.91 Å². The van der Waals surface area contributed by atoms with E-state index in [-0.39, 0.29) is 17.7 Å². The molecule has 1 aromatic rings. The predicted molar refractivity (Wildman–Crippen MR) is 78.7 cm³/mol. The first kappa shape index (κ1) is 16.0. The molecule has 21 heavy (non-hydrogen) atoms. The highest BCUT2D eigenvalue weighted by atomic mass is 32.2. The van der Waals surface area contributed by atoms with E-state index in [1.165, 1.54) is 12.1 Å². The van der Waals surface area contributed by atoms with Gasteiger partial charge in [0.1, 0.15) is 5.75 Å². The second-order valence-electron chi connectivity index (χ2n) is 4.73. The van der Waals surface area contributed by atoms with Crippen molar-refractivity contribution in [1.29, 1.82) is 0 Å². The molecule has 4 nitrogen and oxygen atoms in total. The number of rotatable bonds is 6. The summed E-state index contributed by atoms with van der Waals surface area (Å²) in [6, 6.07) is 6.55. The van der Waals surface area contributed by atoms with Crippen LogP contribution in [0, 0.1) is 0 Å². The van der Waals surface area contributed by atoms with Crippen LogP contribution in [0.1, 0.15) is 12.0 Å². The molecule has 0 radical (unpaired) electrons. The molecule has 1 atom stereocenters. The van der Waals surface area contributed by atoms with Crippen molar-refractivity contribution in [3.63, 3.8) is 0 Å². The maximum atomic E-state index is 12.1. The Labute approximate surface area is 126 Å². The summed E-state index contributed by atoms with van der Waals surface area (Å²) >= 11 is 1.84. The summed E-state index contributed by atoms with van der Waals surface area (Å²) in [5, 5.41) is 6.09. The Kier molecular flexibility index (Phi) is 6.25. The SMILES string of the molecule is O=C(CC1CSCCN1)NCc1cccc(OC(F)F)c1. The smallest absolute Gasteiger partial charge is 0.387 e. The Morgan fingerprint density at radius 1 is 1.52 bits per heavy atom. The molecule has 0 bridgehead atoms. The van der Waals surface area contributed by atoms with Crippen LogP contribution in [0.2, 0.25) is 0 Å². The Morgan fingerprint density at radius 2 is 2.38 bits per heavy atom. The Morgan fingerprint density at radius 3 is 3.10 bits per heavy atom. The molecule has 1 heterocycles. The van der Waals surface area contributed by atoms with E-state index in [4.69, 9.17) is 0 Å². The standard InChI is InChI=1S/C14H18F2N2O2S/c15-14(16)20-12-3-1-2-10(6-12)8-18-13(19)7-11-9-21-5-4-17-11/h1-3,6,11,14,17H,4-5,7-9H2,(H,18,19). The van der Waals surface area contributed by atoms with E-state index < -0.39 is 6.61 Å². The van der Waals surface area contributed by atoms with Crippen LogP contribution in [-0.2, 0) is 11.3 Å². The summed E-state index contributed by atoms with van der Waals surface area (Å²) < 4.78 is 28.6. The highest BCUT2D eigenvalue weighted by Gasteiger charge is 2.16. The van der Waals surface area contributed by atoms with E-state index in [9.17, 15) is 13.6 Å². The Bertz CT molecular complexity index is 468. The maximum Gasteiger partial charge on any atom is 0.387 e. The number of halogens is 2. The number of carbonyl (C=O) groups is 1. The van der Waals surface area contributed by atoms with Gasteiger partial charge in [-0.05, 0) is 17.7 Å². The summed E-state index contributed by atoms with van der Waals surface area (Å²) in [5.41, 5.74) is 0.729. The number of carbonyl (C=O) groups excluding carboxylic acids is 1. The molecule has 1 aromatic carbocycles. The number of amides is 1. The molecule has 7 heteroatoms. The van der Waals surface area contributed by atoms with Crippen molar-refractivity contribution in [3.8, 4) is 5.75 Å². The lowest BCUT2D eigenvalue weighted by molar-refractivity contribution is -0.121. The van der Waals surface area contributed by atoms with Gasteiger partial charge >= 0.3 is 6.61 Å². The summed E-state index contributed by atoms with van der Waals surface area (Å²) in [4.78, 5) is 11.8. The third-order valence-electron chi connectivity index (χ3n) is 3.04. The molecular weight excluding hydrogens is 298 g/mol. The van der Waals surface area contributed by atoms with Crippen molar-refractivity contribution < 1.29 is 18.3 Å². The summed E-state index contributed by atoms with van der Waals surface area (Å²) in [6.07, 6.45) is 0.431. The number of benzene rings is 1. The van der Waals surface area contributed by atoms with Crippen LogP contribution in [0.15, 0.2) is 24.3 Å². The first-order valence-corrected chi connectivity index (χ1v) is 7.90. The molecule has 1 saturated heterocycles. The zero-order valence-electron chi connectivity index (χ0n) is 11.5. The van der Waals surface area contributed by atoms with Gasteiger partial charge in [0, 0.05) is 37.1 Å². The molecule has 1 fully saturated rings. The number of hydrogen-bond donors (Lipinski definition) is 2. The quantitative estimate of drug-likeness (QED) is 0.843. The average molecular weight is 316 g/mol.